The van der Waals surface area contributed by atoms with Crippen LogP contribution in [0.15, 0.2) is 0 Å². The van der Waals surface area contributed by atoms with E-state index in [4.69, 9.17) is 0 Å². The predicted molar refractivity (Wildman–Crippen MR) is 93.8 cm³/mol. The van der Waals surface area contributed by atoms with Crippen LogP contribution in [0.3, 0.4) is 0 Å². The van der Waals surface area contributed by atoms with Gasteiger partial charge in [-0.1, -0.05) is 67.7 Å². The van der Waals surface area contributed by atoms with Gasteiger partial charge in [-0.25, -0.2) is 12.4 Å². The smallest absolute Gasteiger partial charge is 0.209 e. The van der Waals surface area contributed by atoms with Gasteiger partial charge < -0.3 is 0 Å². The van der Waals surface area contributed by atoms with Crippen molar-refractivity contribution in [2.45, 2.75) is 82.7 Å². The lowest BCUT2D eigenvalue weighted by atomic mass is 10.2. The van der Waals surface area contributed by atoms with Crippen LogP contribution in [-0.2, 0) is 10.0 Å². The normalized spacial score (nSPS) is 25.4. The molecule has 1 unspecified atom stereocenters. The highest BCUT2D eigenvalue weighted by molar-refractivity contribution is 7.94. The van der Waals surface area contributed by atoms with Crippen LogP contribution in [0, 0.1) is 0 Å². The van der Waals surface area contributed by atoms with Crippen LogP contribution in [0.4, 0.5) is 0 Å². The highest BCUT2D eigenvalue weighted by atomic mass is 32.2. The van der Waals surface area contributed by atoms with Gasteiger partial charge in [0.25, 0.3) is 0 Å². The molecule has 120 valence electrons. The Labute approximate surface area is 128 Å². The quantitative estimate of drug-likeness (QED) is 0.714. The summed E-state index contributed by atoms with van der Waals surface area (Å²) in [6.07, 6.45) is 0. The summed E-state index contributed by atoms with van der Waals surface area (Å²) in [5, 5.41) is 0.183. The fraction of sp³-hybridized carbons (Fsp3) is 1.00. The summed E-state index contributed by atoms with van der Waals surface area (Å²) >= 11 is 0. The fourth-order valence-corrected chi connectivity index (χ4v) is 15.1. The molecule has 0 aromatic carbocycles. The summed E-state index contributed by atoms with van der Waals surface area (Å²) in [7, 11) is -6.90. The highest BCUT2D eigenvalue weighted by Gasteiger charge is 2.62. The average molecular weight is 336 g/mol. The molecular formula is C14H33NO2SSi2. The van der Waals surface area contributed by atoms with Crippen molar-refractivity contribution in [1.82, 2.24) is 3.97 Å². The van der Waals surface area contributed by atoms with E-state index in [0.29, 0.717) is 0 Å². The van der Waals surface area contributed by atoms with Crippen molar-refractivity contribution in [3.8, 4) is 0 Å². The summed E-state index contributed by atoms with van der Waals surface area (Å²) in [6.45, 7) is 22.7. The summed E-state index contributed by atoms with van der Waals surface area (Å²) in [5.41, 5.74) is 0. The average Bonchev–Trinajstić information content (AvgIpc) is 2.11. The van der Waals surface area contributed by atoms with Gasteiger partial charge in [-0.2, -0.15) is 0 Å². The minimum absolute atomic E-state index is 0.0679. The molecule has 0 aromatic rings. The molecule has 3 nitrogen and oxygen atoms in total. The molecule has 1 saturated heterocycles. The fourth-order valence-electron chi connectivity index (χ4n) is 2.42. The second kappa shape index (κ2) is 4.67. The maximum absolute atomic E-state index is 12.9. The van der Waals surface area contributed by atoms with Crippen molar-refractivity contribution >= 4 is 26.3 Å². The molecule has 0 N–H and O–H groups in total. The molecule has 1 fully saturated rings. The van der Waals surface area contributed by atoms with E-state index in [1.54, 1.807) is 0 Å². The first-order valence-corrected chi connectivity index (χ1v) is 15.0. The Morgan fingerprint density at radius 2 is 1.30 bits per heavy atom. The van der Waals surface area contributed by atoms with Gasteiger partial charge in [0, 0.05) is 6.54 Å². The number of nitrogens with zero attached hydrogens (tertiary/aromatic N) is 1. The van der Waals surface area contributed by atoms with E-state index >= 15 is 0 Å². The van der Waals surface area contributed by atoms with Crippen molar-refractivity contribution in [1.29, 1.82) is 0 Å². The third-order valence-corrected chi connectivity index (χ3v) is 23.4. The van der Waals surface area contributed by atoms with E-state index in [9.17, 15) is 8.42 Å². The van der Waals surface area contributed by atoms with Crippen LogP contribution in [0.5, 0.6) is 0 Å². The first kappa shape index (κ1) is 18.4. The Balaban J connectivity index is 3.13. The molecule has 0 aromatic heterocycles. The number of rotatable bonds is 2. The Bertz CT molecular complexity index is 446. The molecule has 0 spiro atoms. The Hall–Kier alpha value is 0.344. The standard InChI is InChI=1S/C14H33NO2SSi2/c1-13(2,3)19(7,8)12-11-15(18(12,16)17)20(9,10)14(4,5)6/h12H,11H2,1-10H3. The van der Waals surface area contributed by atoms with E-state index in [0.717, 1.165) is 6.54 Å². The van der Waals surface area contributed by atoms with Crippen LogP contribution in [0.2, 0.25) is 36.3 Å². The monoisotopic (exact) mass is 335 g/mol. The molecular weight excluding hydrogens is 302 g/mol. The highest BCUT2D eigenvalue weighted by Crippen LogP contribution is 2.49. The second-order valence-electron chi connectivity index (χ2n) is 9.35. The van der Waals surface area contributed by atoms with E-state index < -0.39 is 26.3 Å². The van der Waals surface area contributed by atoms with Crippen LogP contribution >= 0.6 is 0 Å². The number of hydrogen-bond acceptors (Lipinski definition) is 2. The lowest BCUT2D eigenvalue weighted by molar-refractivity contribution is 0.451. The third-order valence-electron chi connectivity index (χ3n) is 6.20. The Kier molecular flexibility index (Phi) is 4.29. The van der Waals surface area contributed by atoms with E-state index in [1.807, 2.05) is 3.97 Å². The summed E-state index contributed by atoms with van der Waals surface area (Å²) < 4.78 is 27.7. The van der Waals surface area contributed by atoms with Gasteiger partial charge in [0.1, 0.15) is 8.24 Å². The summed E-state index contributed by atoms with van der Waals surface area (Å²) in [4.78, 5) is -0.107. The third kappa shape index (κ3) is 2.57. The van der Waals surface area contributed by atoms with Gasteiger partial charge >= 0.3 is 0 Å². The zero-order valence-electron chi connectivity index (χ0n) is 15.0. The molecule has 1 heterocycles. The SMILES string of the molecule is CC(C)(C)[Si](C)(C)C1CN([Si](C)(C)C(C)(C)C)S1(=O)=O. The van der Waals surface area contributed by atoms with Gasteiger partial charge in [-0.05, 0) is 10.1 Å². The van der Waals surface area contributed by atoms with E-state index in [2.05, 4.69) is 67.7 Å². The lowest BCUT2D eigenvalue weighted by Crippen LogP contribution is -2.75. The minimum atomic E-state index is -3.09. The molecule has 1 rings (SSSR count). The molecule has 20 heavy (non-hydrogen) atoms. The Morgan fingerprint density at radius 1 is 0.900 bits per heavy atom. The van der Waals surface area contributed by atoms with Crippen molar-refractivity contribution in [3.05, 3.63) is 0 Å². The van der Waals surface area contributed by atoms with Gasteiger partial charge in [0.15, 0.2) is 0 Å². The molecule has 1 aliphatic rings. The van der Waals surface area contributed by atoms with Crippen molar-refractivity contribution in [2.24, 2.45) is 0 Å². The van der Waals surface area contributed by atoms with E-state index in [-0.39, 0.29) is 14.9 Å². The molecule has 0 saturated carbocycles. The summed E-state index contributed by atoms with van der Waals surface area (Å²) in [6, 6.07) is 0. The van der Waals surface area contributed by atoms with Gasteiger partial charge in [0.2, 0.25) is 10.0 Å². The zero-order valence-corrected chi connectivity index (χ0v) is 17.8. The molecule has 0 aliphatic carbocycles. The molecule has 1 atom stereocenters. The van der Waals surface area contributed by atoms with Gasteiger partial charge in [0.05, 0.1) is 12.9 Å². The lowest BCUT2D eigenvalue weighted by Gasteiger charge is -2.57. The van der Waals surface area contributed by atoms with Gasteiger partial charge in [-0.3, -0.25) is 0 Å². The molecule has 0 amide bonds. The maximum Gasteiger partial charge on any atom is 0.209 e. The Morgan fingerprint density at radius 3 is 1.55 bits per heavy atom. The van der Waals surface area contributed by atoms with E-state index in [1.165, 1.54) is 0 Å². The number of hydrogen-bond donors (Lipinski definition) is 0. The first-order valence-electron chi connectivity index (χ1n) is 7.49. The van der Waals surface area contributed by atoms with Crippen LogP contribution in [-0.4, -0.2) is 40.1 Å². The number of sulfonamides is 1. The first-order chi connectivity index (χ1) is 8.47. The van der Waals surface area contributed by atoms with Crippen molar-refractivity contribution in [2.75, 3.05) is 6.54 Å². The van der Waals surface area contributed by atoms with Crippen molar-refractivity contribution < 1.29 is 8.42 Å². The molecule has 0 radical (unpaired) electrons. The minimum Gasteiger partial charge on any atom is -0.223 e. The van der Waals surface area contributed by atoms with Crippen LogP contribution in [0.25, 0.3) is 0 Å². The molecule has 1 aliphatic heterocycles. The van der Waals surface area contributed by atoms with Gasteiger partial charge in [-0.15, -0.1) is 0 Å². The van der Waals surface area contributed by atoms with Crippen LogP contribution in [0.1, 0.15) is 41.5 Å². The topological polar surface area (TPSA) is 37.4 Å². The zero-order chi connectivity index (χ0) is 16.4. The largest absolute Gasteiger partial charge is 0.223 e. The second-order valence-corrected chi connectivity index (χ2v) is 22.9. The molecule has 6 heteroatoms. The van der Waals surface area contributed by atoms with Crippen LogP contribution < -0.4 is 0 Å². The summed E-state index contributed by atoms with van der Waals surface area (Å²) in [5.74, 6) is 0. The predicted octanol–water partition coefficient (Wildman–Crippen LogP) is 4.05. The molecule has 0 bridgehead atoms. The van der Waals surface area contributed by atoms with Crippen molar-refractivity contribution in [3.63, 3.8) is 0 Å². The maximum atomic E-state index is 12.9.